The Morgan fingerprint density at radius 2 is 1.57 bits per heavy atom. The molecule has 0 spiro atoms. The van der Waals surface area contributed by atoms with Gasteiger partial charge in [-0.05, 0) is 47.1 Å². The van der Waals surface area contributed by atoms with Crippen molar-refractivity contribution in [3.8, 4) is 5.75 Å². The maximum atomic E-state index is 12.2. The normalized spacial score (nSPS) is 11.8. The Kier molecular flexibility index (Phi) is 6.49. The van der Waals surface area contributed by atoms with Crippen LogP contribution in [0.4, 0.5) is 5.69 Å². The van der Waals surface area contributed by atoms with Gasteiger partial charge in [0.05, 0.1) is 11.3 Å². The topological polar surface area (TPSA) is 81.4 Å². The van der Waals surface area contributed by atoms with E-state index in [4.69, 9.17) is 10.5 Å². The Labute approximate surface area is 167 Å². The molecular formula is C23H30N2O3. The number of rotatable bonds is 7. The van der Waals surface area contributed by atoms with Crippen LogP contribution in [0.1, 0.15) is 57.0 Å². The summed E-state index contributed by atoms with van der Waals surface area (Å²) in [4.78, 5) is 23.6. The summed E-state index contributed by atoms with van der Waals surface area (Å²) >= 11 is 0. The first-order chi connectivity index (χ1) is 13.0. The van der Waals surface area contributed by atoms with E-state index in [1.165, 1.54) is 5.56 Å². The van der Waals surface area contributed by atoms with Crippen LogP contribution in [0.15, 0.2) is 48.5 Å². The van der Waals surface area contributed by atoms with Gasteiger partial charge in [-0.2, -0.15) is 0 Å². The quantitative estimate of drug-likeness (QED) is 0.739. The molecule has 2 amide bonds. The third-order valence-electron chi connectivity index (χ3n) is 4.44. The van der Waals surface area contributed by atoms with Gasteiger partial charge in [0.15, 0.2) is 6.61 Å². The van der Waals surface area contributed by atoms with Crippen molar-refractivity contribution in [3.63, 3.8) is 0 Å². The molecule has 0 bridgehead atoms. The van der Waals surface area contributed by atoms with E-state index in [2.05, 4.69) is 39.9 Å². The Balaban J connectivity index is 1.96. The summed E-state index contributed by atoms with van der Waals surface area (Å²) in [5, 5.41) is 2.66. The van der Waals surface area contributed by atoms with Gasteiger partial charge in [0.2, 0.25) is 0 Å². The lowest BCUT2D eigenvalue weighted by Crippen LogP contribution is -2.25. The van der Waals surface area contributed by atoms with Crippen molar-refractivity contribution in [3.05, 3.63) is 59.7 Å². The fourth-order valence-corrected chi connectivity index (χ4v) is 3.57. The summed E-state index contributed by atoms with van der Waals surface area (Å²) in [6.45, 7) is 11.0. The number of ether oxygens (including phenoxy) is 1. The molecule has 2 aromatic rings. The van der Waals surface area contributed by atoms with Crippen molar-refractivity contribution >= 4 is 17.5 Å². The minimum atomic E-state index is -0.592. The van der Waals surface area contributed by atoms with E-state index in [1.807, 2.05) is 24.3 Å². The van der Waals surface area contributed by atoms with Gasteiger partial charge >= 0.3 is 0 Å². The van der Waals surface area contributed by atoms with E-state index in [0.717, 1.165) is 6.42 Å². The van der Waals surface area contributed by atoms with Crippen molar-refractivity contribution in [2.75, 3.05) is 11.9 Å². The van der Waals surface area contributed by atoms with Gasteiger partial charge in [-0.3, -0.25) is 9.59 Å². The second-order valence-corrected chi connectivity index (χ2v) is 8.89. The van der Waals surface area contributed by atoms with Crippen LogP contribution in [-0.4, -0.2) is 18.4 Å². The van der Waals surface area contributed by atoms with Crippen molar-refractivity contribution in [1.29, 1.82) is 0 Å². The number of hydrogen-bond donors (Lipinski definition) is 2. The minimum Gasteiger partial charge on any atom is -0.484 e. The molecule has 0 aliphatic heterocycles. The molecule has 0 aromatic heterocycles. The van der Waals surface area contributed by atoms with E-state index in [-0.39, 0.29) is 28.9 Å². The summed E-state index contributed by atoms with van der Waals surface area (Å²) in [7, 11) is 0. The van der Waals surface area contributed by atoms with Crippen molar-refractivity contribution in [1.82, 2.24) is 0 Å². The fraction of sp³-hybridized carbons (Fsp3) is 0.391. The molecule has 0 aliphatic carbocycles. The van der Waals surface area contributed by atoms with Crippen LogP contribution >= 0.6 is 0 Å². The highest BCUT2D eigenvalue weighted by molar-refractivity contribution is 6.03. The number of hydrogen-bond acceptors (Lipinski definition) is 3. The van der Waals surface area contributed by atoms with E-state index >= 15 is 0 Å². The summed E-state index contributed by atoms with van der Waals surface area (Å²) < 4.78 is 5.58. The van der Waals surface area contributed by atoms with Gasteiger partial charge in [-0.15, -0.1) is 0 Å². The highest BCUT2D eigenvalue weighted by Crippen LogP contribution is 2.36. The van der Waals surface area contributed by atoms with Gasteiger partial charge in [0.25, 0.3) is 11.8 Å². The molecule has 0 aliphatic rings. The van der Waals surface area contributed by atoms with Gasteiger partial charge in [-0.25, -0.2) is 0 Å². The second-order valence-electron chi connectivity index (χ2n) is 8.89. The molecule has 0 fully saturated rings. The molecular weight excluding hydrogens is 352 g/mol. The van der Waals surface area contributed by atoms with E-state index in [0.29, 0.717) is 11.4 Å². The third kappa shape index (κ3) is 6.12. The second kappa shape index (κ2) is 8.46. The predicted molar refractivity (Wildman–Crippen MR) is 113 cm³/mol. The minimum absolute atomic E-state index is 0.0482. The SMILES string of the molecule is CC(C)(C)CC(C)(C)c1ccc(OCC(=O)Nc2ccccc2C(N)=O)cc1. The third-order valence-corrected chi connectivity index (χ3v) is 4.44. The van der Waals surface area contributed by atoms with Crippen molar-refractivity contribution < 1.29 is 14.3 Å². The molecule has 0 saturated heterocycles. The molecule has 0 atom stereocenters. The molecule has 2 aromatic carbocycles. The van der Waals surface area contributed by atoms with Crippen LogP contribution in [0.25, 0.3) is 0 Å². The zero-order valence-electron chi connectivity index (χ0n) is 17.3. The lowest BCUT2D eigenvalue weighted by molar-refractivity contribution is -0.118. The lowest BCUT2D eigenvalue weighted by Gasteiger charge is -2.33. The lowest BCUT2D eigenvalue weighted by atomic mass is 9.72. The monoisotopic (exact) mass is 382 g/mol. The first-order valence-corrected chi connectivity index (χ1v) is 9.40. The number of amides is 2. The molecule has 0 heterocycles. The van der Waals surface area contributed by atoms with E-state index in [9.17, 15) is 9.59 Å². The maximum absolute atomic E-state index is 12.2. The van der Waals surface area contributed by atoms with E-state index in [1.54, 1.807) is 24.3 Å². The molecule has 28 heavy (non-hydrogen) atoms. The summed E-state index contributed by atoms with van der Waals surface area (Å²) in [5.41, 5.74) is 7.48. The molecule has 0 saturated carbocycles. The smallest absolute Gasteiger partial charge is 0.262 e. The number of carbonyl (C=O) groups excluding carboxylic acids is 2. The Hall–Kier alpha value is -2.82. The zero-order valence-corrected chi connectivity index (χ0v) is 17.3. The van der Waals surface area contributed by atoms with Crippen molar-refractivity contribution in [2.45, 2.75) is 46.5 Å². The molecule has 0 unspecified atom stereocenters. The first-order valence-electron chi connectivity index (χ1n) is 9.40. The summed E-state index contributed by atoms with van der Waals surface area (Å²) in [6.07, 6.45) is 1.06. The Morgan fingerprint density at radius 1 is 0.964 bits per heavy atom. The van der Waals surface area contributed by atoms with Crippen LogP contribution in [0.3, 0.4) is 0 Å². The highest BCUT2D eigenvalue weighted by Gasteiger charge is 2.27. The van der Waals surface area contributed by atoms with Gasteiger partial charge in [0.1, 0.15) is 5.75 Å². The standard InChI is InChI=1S/C23H30N2O3/c1-22(2,3)15-23(4,5)16-10-12-17(13-11-16)28-14-20(26)25-19-9-7-6-8-18(19)21(24)27/h6-13H,14-15H2,1-5H3,(H2,24,27)(H,25,26). The van der Waals surface area contributed by atoms with E-state index < -0.39 is 5.91 Å². The molecule has 2 rings (SSSR count). The zero-order chi connectivity index (χ0) is 20.9. The Bertz CT molecular complexity index is 834. The number of carbonyl (C=O) groups is 2. The van der Waals surface area contributed by atoms with Crippen molar-refractivity contribution in [2.24, 2.45) is 11.1 Å². The van der Waals surface area contributed by atoms with Crippen LogP contribution in [0.5, 0.6) is 5.75 Å². The number of anilines is 1. The summed E-state index contributed by atoms with van der Waals surface area (Å²) in [5.74, 6) is -0.329. The van der Waals surface area contributed by atoms with Crippen LogP contribution in [0.2, 0.25) is 0 Å². The van der Waals surface area contributed by atoms with Gasteiger partial charge < -0.3 is 15.8 Å². The van der Waals surface area contributed by atoms with Gasteiger partial charge in [-0.1, -0.05) is 58.9 Å². The average Bonchev–Trinajstić information content (AvgIpc) is 2.58. The highest BCUT2D eigenvalue weighted by atomic mass is 16.5. The number of nitrogens with two attached hydrogens (primary N) is 1. The van der Waals surface area contributed by atoms with Crippen LogP contribution in [0, 0.1) is 5.41 Å². The van der Waals surface area contributed by atoms with Crippen LogP contribution < -0.4 is 15.8 Å². The molecule has 5 heteroatoms. The molecule has 0 radical (unpaired) electrons. The van der Waals surface area contributed by atoms with Gasteiger partial charge in [0, 0.05) is 0 Å². The molecule has 150 valence electrons. The summed E-state index contributed by atoms with van der Waals surface area (Å²) in [6, 6.07) is 14.5. The number of benzene rings is 2. The number of para-hydroxylation sites is 1. The van der Waals surface area contributed by atoms with Crippen LogP contribution in [-0.2, 0) is 10.2 Å². The maximum Gasteiger partial charge on any atom is 0.262 e. The molecule has 3 N–H and O–H groups in total. The average molecular weight is 383 g/mol. The number of primary amides is 1. The fourth-order valence-electron chi connectivity index (χ4n) is 3.57. The molecule has 5 nitrogen and oxygen atoms in total. The Morgan fingerprint density at radius 3 is 2.14 bits per heavy atom. The predicted octanol–water partition coefficient (Wildman–Crippen LogP) is 4.52. The number of nitrogens with one attached hydrogen (secondary N) is 1. The first kappa shape index (κ1) is 21.5. The largest absolute Gasteiger partial charge is 0.484 e.